The van der Waals surface area contributed by atoms with Gasteiger partial charge < -0.3 is 16.0 Å². The molecule has 0 saturated carbocycles. The van der Waals surface area contributed by atoms with Crippen molar-refractivity contribution in [3.05, 3.63) is 23.4 Å². The van der Waals surface area contributed by atoms with E-state index in [9.17, 15) is 9.59 Å². The molecule has 21 heavy (non-hydrogen) atoms. The molecule has 0 radical (unpaired) electrons. The van der Waals surface area contributed by atoms with E-state index in [1.54, 1.807) is 26.2 Å². The van der Waals surface area contributed by atoms with Crippen LogP contribution >= 0.6 is 0 Å². The van der Waals surface area contributed by atoms with Gasteiger partial charge in [-0.2, -0.15) is 0 Å². The first-order valence-electron chi connectivity index (χ1n) is 6.97. The van der Waals surface area contributed by atoms with Gasteiger partial charge in [-0.25, -0.2) is 4.98 Å². The number of aromatic nitrogens is 1. The van der Waals surface area contributed by atoms with Crippen molar-refractivity contribution in [1.82, 2.24) is 15.6 Å². The summed E-state index contributed by atoms with van der Waals surface area (Å²) < 4.78 is 0. The number of rotatable bonds is 5. The number of carbonyl (C=O) groups is 2. The summed E-state index contributed by atoms with van der Waals surface area (Å²) in [7, 11) is 3.34. The van der Waals surface area contributed by atoms with Gasteiger partial charge in [0.05, 0.1) is 0 Å². The summed E-state index contributed by atoms with van der Waals surface area (Å²) in [4.78, 5) is 27.8. The van der Waals surface area contributed by atoms with Gasteiger partial charge in [-0.1, -0.05) is 20.8 Å². The third kappa shape index (κ3) is 5.06. The molecule has 0 aliphatic rings. The van der Waals surface area contributed by atoms with E-state index in [1.807, 2.05) is 20.8 Å². The molecule has 116 valence electrons. The molecular weight excluding hydrogens is 268 g/mol. The van der Waals surface area contributed by atoms with Crippen LogP contribution < -0.4 is 16.0 Å². The van der Waals surface area contributed by atoms with E-state index in [1.165, 1.54) is 0 Å². The summed E-state index contributed by atoms with van der Waals surface area (Å²) in [5, 5.41) is 8.22. The average molecular weight is 292 g/mol. The minimum absolute atomic E-state index is 0.101. The summed E-state index contributed by atoms with van der Waals surface area (Å²) in [5.74, 6) is 0.346. The first-order valence-corrected chi connectivity index (χ1v) is 6.97. The van der Waals surface area contributed by atoms with E-state index in [-0.39, 0.29) is 23.7 Å². The third-order valence-corrected chi connectivity index (χ3v) is 3.03. The van der Waals surface area contributed by atoms with Crippen LogP contribution in [0.15, 0.2) is 12.1 Å². The van der Waals surface area contributed by atoms with E-state index in [0.717, 1.165) is 5.69 Å². The predicted molar refractivity (Wildman–Crippen MR) is 83.5 cm³/mol. The Morgan fingerprint density at radius 3 is 2.38 bits per heavy atom. The van der Waals surface area contributed by atoms with Crippen molar-refractivity contribution in [3.8, 4) is 0 Å². The second-order valence-electron chi connectivity index (χ2n) is 5.81. The van der Waals surface area contributed by atoms with E-state index < -0.39 is 0 Å². The summed E-state index contributed by atoms with van der Waals surface area (Å²) in [6, 6.07) is 3.49. The molecule has 0 aromatic carbocycles. The van der Waals surface area contributed by atoms with E-state index in [4.69, 9.17) is 0 Å². The van der Waals surface area contributed by atoms with Crippen LogP contribution in [0.1, 0.15) is 43.2 Å². The van der Waals surface area contributed by atoms with E-state index >= 15 is 0 Å². The van der Waals surface area contributed by atoms with Crippen LogP contribution in [-0.2, 0) is 10.2 Å². The Balaban J connectivity index is 2.86. The van der Waals surface area contributed by atoms with Crippen LogP contribution in [0.3, 0.4) is 0 Å². The Labute approximate surface area is 125 Å². The molecule has 0 spiro atoms. The molecule has 0 atom stereocenters. The van der Waals surface area contributed by atoms with Gasteiger partial charge in [0.2, 0.25) is 5.91 Å². The first-order chi connectivity index (χ1) is 9.77. The summed E-state index contributed by atoms with van der Waals surface area (Å²) in [6.07, 6.45) is 0.262. The standard InChI is InChI=1S/C15H24N4O2/c1-15(2,3)11-8-10(9-12(16-4)19-11)14(21)18-7-6-13(20)17-5/h8-9H,6-7H2,1-5H3,(H,16,19)(H,17,20)(H,18,21). The Morgan fingerprint density at radius 2 is 1.86 bits per heavy atom. The maximum atomic E-state index is 12.2. The van der Waals surface area contributed by atoms with Crippen molar-refractivity contribution in [2.45, 2.75) is 32.6 Å². The average Bonchev–Trinajstić information content (AvgIpc) is 2.45. The Bertz CT molecular complexity index is 521. The number of nitrogens with zero attached hydrogens (tertiary/aromatic N) is 1. The second-order valence-corrected chi connectivity index (χ2v) is 5.81. The minimum atomic E-state index is -0.205. The molecule has 0 fully saturated rings. The fourth-order valence-corrected chi connectivity index (χ4v) is 1.69. The molecule has 0 unspecified atom stereocenters. The molecule has 0 aliphatic heterocycles. The largest absolute Gasteiger partial charge is 0.373 e. The molecule has 2 amide bonds. The lowest BCUT2D eigenvalue weighted by atomic mass is 9.90. The maximum Gasteiger partial charge on any atom is 0.251 e. The predicted octanol–water partition coefficient (Wildman–Crippen LogP) is 1.29. The topological polar surface area (TPSA) is 83.1 Å². The highest BCUT2D eigenvalue weighted by Crippen LogP contribution is 2.23. The lowest BCUT2D eigenvalue weighted by Gasteiger charge is -2.19. The van der Waals surface area contributed by atoms with Crippen molar-refractivity contribution in [3.63, 3.8) is 0 Å². The highest BCUT2D eigenvalue weighted by atomic mass is 16.2. The van der Waals surface area contributed by atoms with Crippen LogP contribution in [0, 0.1) is 0 Å². The van der Waals surface area contributed by atoms with E-state index in [2.05, 4.69) is 20.9 Å². The summed E-state index contributed by atoms with van der Waals surface area (Å²) in [5.41, 5.74) is 1.23. The SMILES string of the molecule is CNC(=O)CCNC(=O)c1cc(NC)nc(C(C)(C)C)c1. The number of hydrogen-bond donors (Lipinski definition) is 3. The van der Waals surface area contributed by atoms with Gasteiger partial charge in [0.1, 0.15) is 5.82 Å². The van der Waals surface area contributed by atoms with Gasteiger partial charge in [-0.05, 0) is 12.1 Å². The Hall–Kier alpha value is -2.11. The zero-order valence-electron chi connectivity index (χ0n) is 13.3. The highest BCUT2D eigenvalue weighted by Gasteiger charge is 2.19. The fraction of sp³-hybridized carbons (Fsp3) is 0.533. The number of anilines is 1. The van der Waals surface area contributed by atoms with Crippen molar-refractivity contribution < 1.29 is 9.59 Å². The lowest BCUT2D eigenvalue weighted by Crippen LogP contribution is -2.29. The maximum absolute atomic E-state index is 12.2. The van der Waals surface area contributed by atoms with Crippen LogP contribution in [0.5, 0.6) is 0 Å². The van der Waals surface area contributed by atoms with Crippen LogP contribution in [0.2, 0.25) is 0 Å². The van der Waals surface area contributed by atoms with Crippen LogP contribution in [0.25, 0.3) is 0 Å². The smallest absolute Gasteiger partial charge is 0.251 e. The number of hydrogen-bond acceptors (Lipinski definition) is 4. The molecule has 1 rings (SSSR count). The zero-order valence-corrected chi connectivity index (χ0v) is 13.3. The normalized spacial score (nSPS) is 10.9. The van der Waals surface area contributed by atoms with Crippen molar-refractivity contribution in [2.75, 3.05) is 26.0 Å². The molecule has 0 saturated heterocycles. The molecule has 6 heteroatoms. The van der Waals surface area contributed by atoms with Crippen LogP contribution in [0.4, 0.5) is 5.82 Å². The number of carbonyl (C=O) groups excluding carboxylic acids is 2. The molecule has 0 bridgehead atoms. The molecule has 3 N–H and O–H groups in total. The second kappa shape index (κ2) is 7.06. The molecule has 1 aromatic rings. The number of amides is 2. The minimum Gasteiger partial charge on any atom is -0.373 e. The Kier molecular flexibility index (Phi) is 5.69. The summed E-state index contributed by atoms with van der Waals surface area (Å²) in [6.45, 7) is 6.44. The summed E-state index contributed by atoms with van der Waals surface area (Å²) >= 11 is 0. The number of nitrogens with one attached hydrogen (secondary N) is 3. The zero-order chi connectivity index (χ0) is 16.0. The monoisotopic (exact) mass is 292 g/mol. The van der Waals surface area contributed by atoms with Gasteiger partial charge in [0, 0.05) is 43.7 Å². The van der Waals surface area contributed by atoms with Gasteiger partial charge in [-0.3, -0.25) is 9.59 Å². The van der Waals surface area contributed by atoms with Crippen molar-refractivity contribution >= 4 is 17.6 Å². The van der Waals surface area contributed by atoms with Crippen molar-refractivity contribution in [2.24, 2.45) is 0 Å². The van der Waals surface area contributed by atoms with E-state index in [0.29, 0.717) is 17.9 Å². The molecule has 1 aromatic heterocycles. The third-order valence-electron chi connectivity index (χ3n) is 3.03. The Morgan fingerprint density at radius 1 is 1.19 bits per heavy atom. The van der Waals surface area contributed by atoms with Gasteiger partial charge >= 0.3 is 0 Å². The van der Waals surface area contributed by atoms with Gasteiger partial charge in [-0.15, -0.1) is 0 Å². The quantitative estimate of drug-likeness (QED) is 0.763. The van der Waals surface area contributed by atoms with Crippen LogP contribution in [-0.4, -0.2) is 37.4 Å². The lowest BCUT2D eigenvalue weighted by molar-refractivity contribution is -0.120. The highest BCUT2D eigenvalue weighted by molar-refractivity contribution is 5.95. The first kappa shape index (κ1) is 16.9. The fourth-order valence-electron chi connectivity index (χ4n) is 1.69. The number of pyridine rings is 1. The molecule has 1 heterocycles. The van der Waals surface area contributed by atoms with Crippen molar-refractivity contribution in [1.29, 1.82) is 0 Å². The molecular formula is C15H24N4O2. The van der Waals surface area contributed by atoms with Gasteiger partial charge in [0.15, 0.2) is 0 Å². The molecule has 6 nitrogen and oxygen atoms in total. The van der Waals surface area contributed by atoms with Gasteiger partial charge in [0.25, 0.3) is 5.91 Å². The molecule has 0 aliphatic carbocycles.